The Labute approximate surface area is 211 Å². The molecule has 3 aromatic carbocycles. The van der Waals surface area contributed by atoms with E-state index in [1.54, 1.807) is 16.8 Å². The Hall–Kier alpha value is -3.61. The van der Waals surface area contributed by atoms with Crippen LogP contribution in [0.5, 0.6) is 0 Å². The van der Waals surface area contributed by atoms with E-state index in [0.717, 1.165) is 40.2 Å². The van der Waals surface area contributed by atoms with Gasteiger partial charge in [0.2, 0.25) is 0 Å². The summed E-state index contributed by atoms with van der Waals surface area (Å²) in [4.78, 5) is 13.4. The van der Waals surface area contributed by atoms with Gasteiger partial charge in [-0.05, 0) is 84.8 Å². The largest absolute Gasteiger partial charge is 0.326 e. The average molecular weight is 483 g/mol. The molecule has 5 rings (SSSR count). The number of hydrogen-bond acceptors (Lipinski definition) is 4. The first-order valence-corrected chi connectivity index (χ1v) is 12.5. The summed E-state index contributed by atoms with van der Waals surface area (Å²) in [6.45, 7) is 3.20. The molecule has 0 spiro atoms. The third kappa shape index (κ3) is 5.61. The summed E-state index contributed by atoms with van der Waals surface area (Å²) in [5.41, 5.74) is 11.7. The second-order valence-electron chi connectivity index (χ2n) is 9.64. The molecule has 1 aliphatic rings. The first-order valence-electron chi connectivity index (χ1n) is 12.5. The van der Waals surface area contributed by atoms with Crippen molar-refractivity contribution in [2.45, 2.75) is 38.8 Å². The van der Waals surface area contributed by atoms with Gasteiger partial charge in [-0.25, -0.2) is 9.07 Å². The highest BCUT2D eigenvalue weighted by Gasteiger charge is 2.24. The number of nitrogens with two attached hydrogens (primary N) is 1. The summed E-state index contributed by atoms with van der Waals surface area (Å²) >= 11 is 0. The van der Waals surface area contributed by atoms with E-state index in [9.17, 15) is 9.18 Å². The number of aryl methyl sites for hydroxylation is 1. The van der Waals surface area contributed by atoms with Crippen molar-refractivity contribution in [1.29, 1.82) is 0 Å². The van der Waals surface area contributed by atoms with E-state index in [-0.39, 0.29) is 24.1 Å². The number of nitrogens with zero attached hydrogens (tertiary/aromatic N) is 2. The van der Waals surface area contributed by atoms with Crippen LogP contribution >= 0.6 is 0 Å². The third-order valence-corrected chi connectivity index (χ3v) is 6.65. The van der Waals surface area contributed by atoms with Gasteiger partial charge < -0.3 is 11.1 Å². The number of carbonyl (C=O) groups excluding carboxylic acids is 1. The van der Waals surface area contributed by atoms with Crippen LogP contribution in [0.2, 0.25) is 0 Å². The van der Waals surface area contributed by atoms with Gasteiger partial charge in [0.15, 0.2) is 5.78 Å². The van der Waals surface area contributed by atoms with Crippen molar-refractivity contribution in [3.8, 4) is 5.69 Å². The first kappa shape index (κ1) is 24.1. The van der Waals surface area contributed by atoms with Crippen LogP contribution in [0, 0.1) is 18.7 Å². The summed E-state index contributed by atoms with van der Waals surface area (Å²) in [6, 6.07) is 24.2. The molecule has 6 heteroatoms. The number of rotatable bonds is 10. The minimum absolute atomic E-state index is 0.0147. The molecular weight excluding hydrogens is 451 g/mol. The number of benzene rings is 3. The number of ketones is 1. The molecule has 1 unspecified atom stereocenters. The van der Waals surface area contributed by atoms with Crippen LogP contribution in [0.25, 0.3) is 5.69 Å². The van der Waals surface area contributed by atoms with Crippen molar-refractivity contribution >= 4 is 5.78 Å². The fourth-order valence-electron chi connectivity index (χ4n) is 4.59. The van der Waals surface area contributed by atoms with Crippen molar-refractivity contribution in [2.75, 3.05) is 6.54 Å². The highest BCUT2D eigenvalue weighted by atomic mass is 19.1. The van der Waals surface area contributed by atoms with Crippen molar-refractivity contribution in [3.05, 3.63) is 118 Å². The summed E-state index contributed by atoms with van der Waals surface area (Å²) in [5.74, 6) is 0.422. The Morgan fingerprint density at radius 2 is 1.75 bits per heavy atom. The molecule has 1 aliphatic carbocycles. The summed E-state index contributed by atoms with van der Waals surface area (Å²) in [6.07, 6.45) is 2.71. The monoisotopic (exact) mass is 482 g/mol. The SMILES string of the molecule is Cc1cc(C(=O)Cc2cccc(C(NCC3CC3)c3cccc(F)c3)c2)n(-c2cccc(CN)c2)n1. The molecule has 0 amide bonds. The lowest BCUT2D eigenvalue weighted by atomic mass is 9.95. The number of halogens is 1. The molecule has 3 N–H and O–H groups in total. The molecule has 1 saturated carbocycles. The molecule has 0 saturated heterocycles. The smallest absolute Gasteiger partial charge is 0.185 e. The van der Waals surface area contributed by atoms with E-state index >= 15 is 0 Å². The van der Waals surface area contributed by atoms with E-state index in [4.69, 9.17) is 5.73 Å². The van der Waals surface area contributed by atoms with Gasteiger partial charge in [-0.1, -0.05) is 48.5 Å². The molecule has 0 aliphatic heterocycles. The fraction of sp³-hybridized carbons (Fsp3) is 0.267. The Bertz CT molecular complexity index is 1370. The Morgan fingerprint density at radius 3 is 2.50 bits per heavy atom. The number of carbonyl (C=O) groups is 1. The maximum Gasteiger partial charge on any atom is 0.185 e. The van der Waals surface area contributed by atoms with Crippen LogP contribution in [-0.2, 0) is 13.0 Å². The highest BCUT2D eigenvalue weighted by molar-refractivity contribution is 5.96. The molecule has 36 heavy (non-hydrogen) atoms. The van der Waals surface area contributed by atoms with Crippen LogP contribution < -0.4 is 11.1 Å². The molecule has 4 aromatic rings. The van der Waals surface area contributed by atoms with Crippen LogP contribution in [0.4, 0.5) is 4.39 Å². The Morgan fingerprint density at radius 1 is 1.03 bits per heavy atom. The van der Waals surface area contributed by atoms with Gasteiger partial charge in [0.05, 0.1) is 17.4 Å². The lowest BCUT2D eigenvalue weighted by molar-refractivity contribution is 0.0985. The van der Waals surface area contributed by atoms with Gasteiger partial charge in [-0.2, -0.15) is 5.10 Å². The third-order valence-electron chi connectivity index (χ3n) is 6.65. The zero-order chi connectivity index (χ0) is 25.1. The minimum Gasteiger partial charge on any atom is -0.326 e. The molecule has 0 radical (unpaired) electrons. The molecule has 1 atom stereocenters. The highest BCUT2D eigenvalue weighted by Crippen LogP contribution is 2.30. The van der Waals surface area contributed by atoms with Gasteiger partial charge in [-0.3, -0.25) is 4.79 Å². The standard InChI is InChI=1S/C30H31FN4O/c1-20-13-28(35(34-20)27-10-3-6-23(15-27)18-32)29(36)16-22-5-2-7-24(14-22)30(33-19-21-11-12-21)25-8-4-9-26(31)17-25/h2-10,13-15,17,21,30,33H,11-12,16,18-19,32H2,1H3. The predicted molar refractivity (Wildman–Crippen MR) is 140 cm³/mol. The van der Waals surface area contributed by atoms with E-state index in [1.165, 1.54) is 18.9 Å². The van der Waals surface area contributed by atoms with Crippen LogP contribution in [0.3, 0.4) is 0 Å². The summed E-state index contributed by atoms with van der Waals surface area (Å²) < 4.78 is 15.7. The average Bonchev–Trinajstić information content (AvgIpc) is 3.63. The van der Waals surface area contributed by atoms with E-state index in [2.05, 4.69) is 16.5 Å². The lowest BCUT2D eigenvalue weighted by Crippen LogP contribution is -2.25. The van der Waals surface area contributed by atoms with Crippen LogP contribution in [-0.4, -0.2) is 22.1 Å². The summed E-state index contributed by atoms with van der Waals surface area (Å²) in [7, 11) is 0. The van der Waals surface area contributed by atoms with Gasteiger partial charge in [0.1, 0.15) is 11.5 Å². The van der Waals surface area contributed by atoms with Crippen molar-refractivity contribution < 1.29 is 9.18 Å². The van der Waals surface area contributed by atoms with Gasteiger partial charge in [0, 0.05) is 13.0 Å². The van der Waals surface area contributed by atoms with E-state index in [1.807, 2.05) is 61.5 Å². The molecule has 1 fully saturated rings. The van der Waals surface area contributed by atoms with Gasteiger partial charge in [-0.15, -0.1) is 0 Å². The summed E-state index contributed by atoms with van der Waals surface area (Å²) in [5, 5.41) is 8.19. The minimum atomic E-state index is -0.251. The molecule has 0 bridgehead atoms. The molecule has 1 aromatic heterocycles. The normalized spacial score (nSPS) is 14.1. The zero-order valence-corrected chi connectivity index (χ0v) is 20.5. The topological polar surface area (TPSA) is 72.9 Å². The predicted octanol–water partition coefficient (Wildman–Crippen LogP) is 5.29. The van der Waals surface area contributed by atoms with Crippen molar-refractivity contribution in [2.24, 2.45) is 11.7 Å². The molecule has 5 nitrogen and oxygen atoms in total. The van der Waals surface area contributed by atoms with E-state index in [0.29, 0.717) is 18.2 Å². The van der Waals surface area contributed by atoms with Crippen molar-refractivity contribution in [3.63, 3.8) is 0 Å². The molecule has 1 heterocycles. The number of aromatic nitrogens is 2. The van der Waals surface area contributed by atoms with Crippen molar-refractivity contribution in [1.82, 2.24) is 15.1 Å². The van der Waals surface area contributed by atoms with E-state index < -0.39 is 0 Å². The Kier molecular flexibility index (Phi) is 7.07. The maximum atomic E-state index is 14.0. The quantitative estimate of drug-likeness (QED) is 0.301. The van der Waals surface area contributed by atoms with Crippen LogP contribution in [0.1, 0.15) is 57.3 Å². The number of nitrogens with one attached hydrogen (secondary N) is 1. The Balaban J connectivity index is 1.41. The van der Waals surface area contributed by atoms with Gasteiger partial charge in [0.25, 0.3) is 0 Å². The maximum absolute atomic E-state index is 14.0. The second-order valence-corrected chi connectivity index (χ2v) is 9.64. The van der Waals surface area contributed by atoms with Crippen LogP contribution in [0.15, 0.2) is 78.9 Å². The molecular formula is C30H31FN4O. The number of Topliss-reactive ketones (excluding diaryl/α,β-unsaturated/α-hetero) is 1. The first-order chi connectivity index (χ1) is 17.5. The van der Waals surface area contributed by atoms with Gasteiger partial charge >= 0.3 is 0 Å². The second kappa shape index (κ2) is 10.6. The lowest BCUT2D eigenvalue weighted by Gasteiger charge is -2.21. The number of hydrogen-bond donors (Lipinski definition) is 2. The zero-order valence-electron chi connectivity index (χ0n) is 20.5. The molecule has 184 valence electrons. The fourth-order valence-corrected chi connectivity index (χ4v) is 4.59.